The number of nitrogens with zero attached hydrogens (tertiary/aromatic N) is 1. The molecule has 1 saturated heterocycles. The number of aromatic nitrogens is 1. The van der Waals surface area contributed by atoms with E-state index in [1.807, 2.05) is 0 Å². The number of carbonyl (C=O) groups is 1. The van der Waals surface area contributed by atoms with Gasteiger partial charge in [0.15, 0.2) is 0 Å². The van der Waals surface area contributed by atoms with Gasteiger partial charge in [-0.15, -0.1) is 0 Å². The number of hydrogen-bond acceptors (Lipinski definition) is 4. The number of nitrogens with one attached hydrogen (secondary N) is 1. The third kappa shape index (κ3) is 4.05. The lowest BCUT2D eigenvalue weighted by molar-refractivity contribution is 0.0694. The summed E-state index contributed by atoms with van der Waals surface area (Å²) < 4.78 is 5.24. The van der Waals surface area contributed by atoms with Gasteiger partial charge in [0.2, 0.25) is 0 Å². The molecule has 2 heterocycles. The van der Waals surface area contributed by atoms with Crippen LogP contribution in [0.5, 0.6) is 0 Å². The van der Waals surface area contributed by atoms with Crippen molar-refractivity contribution in [3.05, 3.63) is 29.6 Å². The Morgan fingerprint density at radius 2 is 2.26 bits per heavy atom. The zero-order chi connectivity index (χ0) is 13.5. The number of pyridine rings is 1. The molecule has 0 unspecified atom stereocenters. The summed E-state index contributed by atoms with van der Waals surface area (Å²) in [6, 6.07) is 3.52. The van der Waals surface area contributed by atoms with Gasteiger partial charge in [0, 0.05) is 31.0 Å². The SMILES string of the molecule is O=C(NC1CCOCC1)c1ccc(C#CCO)cn1. The molecule has 0 atom stereocenters. The molecule has 1 aromatic heterocycles. The molecule has 100 valence electrons. The number of aliphatic hydroxyl groups excluding tert-OH is 1. The molecule has 2 N–H and O–H groups in total. The van der Waals surface area contributed by atoms with Crippen molar-refractivity contribution < 1.29 is 14.6 Å². The standard InChI is InChI=1S/C14H16N2O3/c17-7-1-2-11-3-4-13(15-10-11)14(18)16-12-5-8-19-9-6-12/h3-4,10,12,17H,5-9H2,(H,16,18). The number of carbonyl (C=O) groups excluding carboxylic acids is 1. The molecule has 19 heavy (non-hydrogen) atoms. The molecular formula is C14H16N2O3. The third-order valence-electron chi connectivity index (χ3n) is 2.86. The maximum absolute atomic E-state index is 11.9. The van der Waals surface area contributed by atoms with Gasteiger partial charge in [0.1, 0.15) is 12.3 Å². The predicted molar refractivity (Wildman–Crippen MR) is 69.5 cm³/mol. The summed E-state index contributed by atoms with van der Waals surface area (Å²) in [6.07, 6.45) is 3.21. The summed E-state index contributed by atoms with van der Waals surface area (Å²) in [5, 5.41) is 11.5. The molecule has 1 amide bonds. The fraction of sp³-hybridized carbons (Fsp3) is 0.429. The van der Waals surface area contributed by atoms with E-state index in [4.69, 9.17) is 9.84 Å². The van der Waals surface area contributed by atoms with Crippen LogP contribution in [0.1, 0.15) is 28.9 Å². The van der Waals surface area contributed by atoms with E-state index in [0.29, 0.717) is 24.5 Å². The summed E-state index contributed by atoms with van der Waals surface area (Å²) in [5.41, 5.74) is 1.05. The Bertz CT molecular complexity index is 482. The normalized spacial score (nSPS) is 15.4. The van der Waals surface area contributed by atoms with E-state index in [0.717, 1.165) is 12.8 Å². The van der Waals surface area contributed by atoms with Crippen LogP contribution in [0.3, 0.4) is 0 Å². The van der Waals surface area contributed by atoms with Crippen molar-refractivity contribution in [1.29, 1.82) is 0 Å². The fourth-order valence-electron chi connectivity index (χ4n) is 1.84. The fourth-order valence-corrected chi connectivity index (χ4v) is 1.84. The van der Waals surface area contributed by atoms with Crippen LogP contribution in [0.4, 0.5) is 0 Å². The average Bonchev–Trinajstić information content (AvgIpc) is 2.46. The first-order valence-electron chi connectivity index (χ1n) is 6.24. The predicted octanol–water partition coefficient (Wildman–Crippen LogP) is 0.334. The van der Waals surface area contributed by atoms with Gasteiger partial charge in [-0.1, -0.05) is 11.8 Å². The number of ether oxygens (including phenoxy) is 1. The lowest BCUT2D eigenvalue weighted by Gasteiger charge is -2.22. The highest BCUT2D eigenvalue weighted by Crippen LogP contribution is 2.07. The Balaban J connectivity index is 1.95. The average molecular weight is 260 g/mol. The highest BCUT2D eigenvalue weighted by atomic mass is 16.5. The summed E-state index contributed by atoms with van der Waals surface area (Å²) in [5.74, 6) is 5.09. The Morgan fingerprint density at radius 1 is 1.47 bits per heavy atom. The Morgan fingerprint density at radius 3 is 2.89 bits per heavy atom. The van der Waals surface area contributed by atoms with E-state index in [1.165, 1.54) is 6.20 Å². The zero-order valence-corrected chi connectivity index (χ0v) is 10.6. The first-order chi connectivity index (χ1) is 9.29. The van der Waals surface area contributed by atoms with Crippen LogP contribution in [0.2, 0.25) is 0 Å². The molecule has 1 aliphatic rings. The van der Waals surface area contributed by atoms with Crippen LogP contribution in [-0.4, -0.2) is 41.9 Å². The van der Waals surface area contributed by atoms with Crippen LogP contribution in [0.25, 0.3) is 0 Å². The highest BCUT2D eigenvalue weighted by Gasteiger charge is 2.17. The number of aliphatic hydroxyl groups is 1. The molecule has 0 spiro atoms. The Hall–Kier alpha value is -1.90. The van der Waals surface area contributed by atoms with Gasteiger partial charge in [-0.05, 0) is 25.0 Å². The van der Waals surface area contributed by atoms with Crippen LogP contribution >= 0.6 is 0 Å². The minimum absolute atomic E-state index is 0.164. The molecule has 5 heteroatoms. The van der Waals surface area contributed by atoms with Crippen molar-refractivity contribution in [3.63, 3.8) is 0 Å². The molecule has 1 aromatic rings. The largest absolute Gasteiger partial charge is 0.384 e. The number of hydrogen-bond donors (Lipinski definition) is 2. The third-order valence-corrected chi connectivity index (χ3v) is 2.86. The molecule has 5 nitrogen and oxygen atoms in total. The highest BCUT2D eigenvalue weighted by molar-refractivity contribution is 5.92. The summed E-state index contributed by atoms with van der Waals surface area (Å²) >= 11 is 0. The molecule has 0 saturated carbocycles. The number of amides is 1. The summed E-state index contributed by atoms with van der Waals surface area (Å²) in [7, 11) is 0. The van der Waals surface area contributed by atoms with Gasteiger partial charge in [0.25, 0.3) is 5.91 Å². The molecule has 0 aliphatic carbocycles. The van der Waals surface area contributed by atoms with E-state index < -0.39 is 0 Å². The summed E-state index contributed by atoms with van der Waals surface area (Å²) in [4.78, 5) is 16.0. The van der Waals surface area contributed by atoms with Crippen LogP contribution < -0.4 is 5.32 Å². The monoisotopic (exact) mass is 260 g/mol. The van der Waals surface area contributed by atoms with E-state index in [-0.39, 0.29) is 18.6 Å². The van der Waals surface area contributed by atoms with Crippen LogP contribution in [0, 0.1) is 11.8 Å². The lowest BCUT2D eigenvalue weighted by atomic mass is 10.1. The zero-order valence-electron chi connectivity index (χ0n) is 10.6. The van der Waals surface area contributed by atoms with E-state index >= 15 is 0 Å². The second-order valence-corrected chi connectivity index (χ2v) is 4.25. The van der Waals surface area contributed by atoms with Crippen molar-refractivity contribution in [2.75, 3.05) is 19.8 Å². The molecule has 1 aliphatic heterocycles. The van der Waals surface area contributed by atoms with Gasteiger partial charge in [0.05, 0.1) is 0 Å². The first kappa shape index (κ1) is 13.5. The lowest BCUT2D eigenvalue weighted by Crippen LogP contribution is -2.39. The van der Waals surface area contributed by atoms with E-state index in [2.05, 4.69) is 22.1 Å². The molecule has 0 bridgehead atoms. The molecular weight excluding hydrogens is 244 g/mol. The summed E-state index contributed by atoms with van der Waals surface area (Å²) in [6.45, 7) is 1.19. The van der Waals surface area contributed by atoms with E-state index in [1.54, 1.807) is 12.1 Å². The van der Waals surface area contributed by atoms with Gasteiger partial charge in [-0.3, -0.25) is 4.79 Å². The Kier molecular flexibility index (Phi) is 4.90. The van der Waals surface area contributed by atoms with Crippen LogP contribution in [-0.2, 0) is 4.74 Å². The van der Waals surface area contributed by atoms with Crippen molar-refractivity contribution in [2.24, 2.45) is 0 Å². The number of rotatable bonds is 2. The van der Waals surface area contributed by atoms with Gasteiger partial charge >= 0.3 is 0 Å². The minimum atomic E-state index is -0.189. The molecule has 0 aromatic carbocycles. The smallest absolute Gasteiger partial charge is 0.270 e. The Labute approximate surface area is 112 Å². The molecule has 2 rings (SSSR count). The molecule has 0 radical (unpaired) electrons. The maximum atomic E-state index is 11.9. The second kappa shape index (κ2) is 6.88. The van der Waals surface area contributed by atoms with Gasteiger partial charge in [-0.2, -0.15) is 0 Å². The van der Waals surface area contributed by atoms with Crippen molar-refractivity contribution in [3.8, 4) is 11.8 Å². The second-order valence-electron chi connectivity index (χ2n) is 4.25. The molecule has 1 fully saturated rings. The first-order valence-corrected chi connectivity index (χ1v) is 6.24. The topological polar surface area (TPSA) is 71.5 Å². The van der Waals surface area contributed by atoms with Crippen LogP contribution in [0.15, 0.2) is 18.3 Å². The van der Waals surface area contributed by atoms with Crippen molar-refractivity contribution in [2.45, 2.75) is 18.9 Å². The van der Waals surface area contributed by atoms with Crippen molar-refractivity contribution in [1.82, 2.24) is 10.3 Å². The van der Waals surface area contributed by atoms with Crippen molar-refractivity contribution >= 4 is 5.91 Å². The maximum Gasteiger partial charge on any atom is 0.270 e. The minimum Gasteiger partial charge on any atom is -0.384 e. The van der Waals surface area contributed by atoms with Gasteiger partial charge in [-0.25, -0.2) is 4.98 Å². The van der Waals surface area contributed by atoms with Gasteiger partial charge < -0.3 is 15.2 Å². The quantitative estimate of drug-likeness (QED) is 0.752. The van der Waals surface area contributed by atoms with E-state index in [9.17, 15) is 4.79 Å².